The Balaban J connectivity index is 1.90. The number of phenolic OH excluding ortho intramolecular Hbond substituents is 1. The summed E-state index contributed by atoms with van der Waals surface area (Å²) in [6, 6.07) is 0.480. The predicted molar refractivity (Wildman–Crippen MR) is 115 cm³/mol. The van der Waals surface area contributed by atoms with Crippen LogP contribution in [-0.2, 0) is 32.0 Å². The van der Waals surface area contributed by atoms with E-state index in [0.717, 1.165) is 5.56 Å². The average Bonchev–Trinajstić information content (AvgIpc) is 2.72. The molecule has 1 aromatic rings. The topological polar surface area (TPSA) is 181 Å². The summed E-state index contributed by atoms with van der Waals surface area (Å²) in [7, 11) is 3.09. The van der Waals surface area contributed by atoms with Crippen LogP contribution in [0.3, 0.4) is 0 Å². The van der Waals surface area contributed by atoms with Crippen LogP contribution in [0.2, 0.25) is 0 Å². The van der Waals surface area contributed by atoms with Gasteiger partial charge in [0, 0.05) is 5.92 Å². The van der Waals surface area contributed by atoms with Crippen LogP contribution in [0.15, 0.2) is 6.07 Å². The summed E-state index contributed by atoms with van der Waals surface area (Å²) in [4.78, 5) is 66.8. The maximum Gasteiger partial charge on any atom is 0.235 e. The van der Waals surface area contributed by atoms with Crippen LogP contribution in [0.25, 0.3) is 0 Å². The number of carbonyl (C=O) groups excluding carboxylic acids is 5. The largest absolute Gasteiger partial charge is 0.505 e. The zero-order valence-electron chi connectivity index (χ0n) is 18.6. The van der Waals surface area contributed by atoms with Crippen molar-refractivity contribution < 1.29 is 34.2 Å². The molecule has 6 unspecified atom stereocenters. The number of phenols is 1. The van der Waals surface area contributed by atoms with E-state index in [4.69, 9.17) is 11.5 Å². The minimum atomic E-state index is -2.72. The van der Waals surface area contributed by atoms with Gasteiger partial charge in [0.2, 0.25) is 5.91 Å². The first-order valence-electron chi connectivity index (χ1n) is 10.9. The first-order chi connectivity index (χ1) is 15.4. The average molecular weight is 457 g/mol. The third kappa shape index (κ3) is 2.90. The molecule has 1 aromatic carbocycles. The Morgan fingerprint density at radius 3 is 2.39 bits per heavy atom. The number of Topliss-reactive ketones (excluding diaryl/α,β-unsaturated/α-hetero) is 4. The molecule has 4 rings (SSSR count). The maximum absolute atomic E-state index is 13.7. The molecule has 10 heteroatoms. The summed E-state index contributed by atoms with van der Waals surface area (Å²) in [5, 5.41) is 22.0. The molecule has 1 amide bonds. The van der Waals surface area contributed by atoms with Crippen molar-refractivity contribution in [3.05, 3.63) is 22.8 Å². The molecule has 3 aliphatic carbocycles. The molecule has 33 heavy (non-hydrogen) atoms. The minimum Gasteiger partial charge on any atom is -0.505 e. The molecule has 6 N–H and O–H groups in total. The number of nitrogens with two attached hydrogens (primary N) is 2. The highest BCUT2D eigenvalue weighted by Gasteiger charge is 2.69. The van der Waals surface area contributed by atoms with Gasteiger partial charge in [-0.2, -0.15) is 0 Å². The lowest BCUT2D eigenvalue weighted by Crippen LogP contribution is -2.74. The third-order valence-electron chi connectivity index (χ3n) is 7.56. The number of ketones is 4. The highest BCUT2D eigenvalue weighted by atomic mass is 16.3. The van der Waals surface area contributed by atoms with Crippen molar-refractivity contribution in [3.8, 4) is 5.75 Å². The number of likely N-dealkylation sites (N-methyl/N-ethyl adjacent to an activating group) is 1. The number of primary amides is 1. The van der Waals surface area contributed by atoms with E-state index in [1.54, 1.807) is 20.2 Å². The number of anilines is 1. The molecule has 6 atom stereocenters. The maximum atomic E-state index is 13.7. The molecular formula is C23H27N3O7. The van der Waals surface area contributed by atoms with Crippen LogP contribution in [-0.4, -0.2) is 69.9 Å². The predicted octanol–water partition coefficient (Wildman–Crippen LogP) is -0.988. The quantitative estimate of drug-likeness (QED) is 0.252. The Kier molecular flexibility index (Phi) is 5.21. The Labute approximate surface area is 189 Å². The van der Waals surface area contributed by atoms with Crippen molar-refractivity contribution in [1.29, 1.82) is 0 Å². The van der Waals surface area contributed by atoms with E-state index in [1.807, 2.05) is 6.92 Å². The van der Waals surface area contributed by atoms with Crippen LogP contribution in [0.5, 0.6) is 5.75 Å². The number of hydrogen-bond donors (Lipinski definition) is 4. The second-order valence-electron chi connectivity index (χ2n) is 9.47. The molecule has 0 aromatic heterocycles. The van der Waals surface area contributed by atoms with Gasteiger partial charge in [0.15, 0.2) is 34.7 Å². The number of nitrogen functional groups attached to an aromatic ring is 1. The van der Waals surface area contributed by atoms with Crippen LogP contribution < -0.4 is 11.5 Å². The fourth-order valence-electron chi connectivity index (χ4n) is 6.09. The number of fused-ring (bicyclic) bond motifs is 3. The van der Waals surface area contributed by atoms with Crippen LogP contribution in [0, 0.1) is 23.7 Å². The molecule has 0 radical (unpaired) electrons. The summed E-state index contributed by atoms with van der Waals surface area (Å²) in [6.07, 6.45) is 0.803. The lowest BCUT2D eigenvalue weighted by molar-refractivity contribution is -0.181. The van der Waals surface area contributed by atoms with Gasteiger partial charge in [-0.25, -0.2) is 0 Å². The Bertz CT molecular complexity index is 1130. The fourth-order valence-corrected chi connectivity index (χ4v) is 6.09. The second kappa shape index (κ2) is 7.46. The van der Waals surface area contributed by atoms with Crippen molar-refractivity contribution in [2.24, 2.45) is 29.4 Å². The fraction of sp³-hybridized carbons (Fsp3) is 0.522. The van der Waals surface area contributed by atoms with Gasteiger partial charge in [0.05, 0.1) is 23.2 Å². The molecule has 0 bridgehead atoms. The van der Waals surface area contributed by atoms with Crippen LogP contribution in [0.1, 0.15) is 34.8 Å². The molecule has 0 saturated heterocycles. The number of amides is 1. The van der Waals surface area contributed by atoms with Gasteiger partial charge in [0.1, 0.15) is 5.75 Å². The number of aryl methyl sites for hydroxylation is 1. The van der Waals surface area contributed by atoms with E-state index >= 15 is 0 Å². The van der Waals surface area contributed by atoms with Crippen molar-refractivity contribution in [2.45, 2.75) is 37.8 Å². The summed E-state index contributed by atoms with van der Waals surface area (Å²) < 4.78 is 0. The number of aliphatic hydroxyl groups is 1. The summed E-state index contributed by atoms with van der Waals surface area (Å²) in [5.41, 5.74) is 9.71. The van der Waals surface area contributed by atoms with Crippen molar-refractivity contribution in [3.63, 3.8) is 0 Å². The van der Waals surface area contributed by atoms with Gasteiger partial charge in [-0.3, -0.25) is 28.9 Å². The van der Waals surface area contributed by atoms with Crippen molar-refractivity contribution in [2.75, 3.05) is 19.8 Å². The zero-order chi connectivity index (χ0) is 24.6. The van der Waals surface area contributed by atoms with Gasteiger partial charge in [0.25, 0.3) is 0 Å². The lowest BCUT2D eigenvalue weighted by Gasteiger charge is -2.52. The summed E-state index contributed by atoms with van der Waals surface area (Å²) >= 11 is 0. The number of aromatic hydroxyl groups is 1. The highest BCUT2D eigenvalue weighted by molar-refractivity contribution is 6.32. The Hall–Kier alpha value is -3.11. The molecule has 0 aliphatic heterocycles. The molecule has 0 heterocycles. The van der Waals surface area contributed by atoms with Gasteiger partial charge < -0.3 is 21.7 Å². The zero-order valence-corrected chi connectivity index (χ0v) is 18.6. The van der Waals surface area contributed by atoms with Gasteiger partial charge in [-0.15, -0.1) is 0 Å². The third-order valence-corrected chi connectivity index (χ3v) is 7.56. The van der Waals surface area contributed by atoms with Gasteiger partial charge in [-0.05, 0) is 56.5 Å². The first kappa shape index (κ1) is 23.1. The highest BCUT2D eigenvalue weighted by Crippen LogP contribution is 2.51. The van der Waals surface area contributed by atoms with E-state index in [0.29, 0.717) is 12.0 Å². The molecule has 2 saturated carbocycles. The van der Waals surface area contributed by atoms with E-state index in [9.17, 15) is 34.2 Å². The molecule has 176 valence electrons. The normalized spacial score (nSPS) is 33.5. The Morgan fingerprint density at radius 2 is 1.85 bits per heavy atom. The smallest absolute Gasteiger partial charge is 0.235 e. The minimum absolute atomic E-state index is 0.00181. The lowest BCUT2D eigenvalue weighted by atomic mass is 9.52. The first-order valence-corrected chi connectivity index (χ1v) is 10.9. The van der Waals surface area contributed by atoms with E-state index < -0.39 is 70.1 Å². The molecular weight excluding hydrogens is 430 g/mol. The molecule has 10 nitrogen and oxygen atoms in total. The number of carbonyl (C=O) groups is 5. The second-order valence-corrected chi connectivity index (χ2v) is 9.47. The Morgan fingerprint density at radius 1 is 1.21 bits per heavy atom. The summed E-state index contributed by atoms with van der Waals surface area (Å²) in [6.45, 7) is 1.87. The monoisotopic (exact) mass is 457 g/mol. The van der Waals surface area contributed by atoms with Crippen LogP contribution in [0.4, 0.5) is 5.69 Å². The number of benzene rings is 1. The van der Waals surface area contributed by atoms with Gasteiger partial charge >= 0.3 is 0 Å². The van der Waals surface area contributed by atoms with E-state index in [2.05, 4.69) is 0 Å². The molecule has 0 spiro atoms. The van der Waals surface area contributed by atoms with Crippen molar-refractivity contribution in [1.82, 2.24) is 4.90 Å². The van der Waals surface area contributed by atoms with Gasteiger partial charge in [-0.1, -0.05) is 6.92 Å². The van der Waals surface area contributed by atoms with E-state index in [1.165, 1.54) is 4.90 Å². The van der Waals surface area contributed by atoms with Crippen LogP contribution >= 0.6 is 0 Å². The van der Waals surface area contributed by atoms with Crippen molar-refractivity contribution >= 4 is 34.7 Å². The number of rotatable bonds is 3. The SMILES string of the molecule is CCc1cc(N)c(O)c2c1CC1CC3C(N(C)C)C(=O)C(C(N)=O)C(=O)C3(O)C(=O)C1C2=O. The summed E-state index contributed by atoms with van der Waals surface area (Å²) in [5.74, 6) is -10.6. The number of nitrogens with zero attached hydrogens (tertiary/aromatic N) is 1. The standard InChI is InChI=1S/C23H27N3O7/c1-4-8-7-12(24)17(27)14-10(8)5-9-6-11-16(26(2)3)19(29)15(22(25)32)21(31)23(11,33)20(30)13(9)18(14)28/h7,9,11,13,15-16,27,33H,4-6,24H2,1-3H3,(H2,25,32). The number of hydrogen-bond acceptors (Lipinski definition) is 9. The molecule has 2 fully saturated rings. The van der Waals surface area contributed by atoms with E-state index in [-0.39, 0.29) is 24.1 Å². The molecule has 3 aliphatic rings.